The summed E-state index contributed by atoms with van der Waals surface area (Å²) in [5, 5.41) is 12.0. The summed E-state index contributed by atoms with van der Waals surface area (Å²) in [5.41, 5.74) is 3.73. The highest BCUT2D eigenvalue weighted by Crippen LogP contribution is 2.35. The van der Waals surface area contributed by atoms with Crippen LogP contribution in [0.15, 0.2) is 30.3 Å². The molecule has 0 saturated heterocycles. The third-order valence-electron chi connectivity index (χ3n) is 3.02. The van der Waals surface area contributed by atoms with Gasteiger partial charge in [-0.15, -0.1) is 0 Å². The molecule has 1 aliphatic rings. The van der Waals surface area contributed by atoms with Crippen LogP contribution in [0.2, 0.25) is 0 Å². The zero-order valence-electron chi connectivity index (χ0n) is 8.62. The van der Waals surface area contributed by atoms with Gasteiger partial charge in [0.25, 0.3) is 0 Å². The summed E-state index contributed by atoms with van der Waals surface area (Å²) in [4.78, 5) is 0. The van der Waals surface area contributed by atoms with Crippen LogP contribution in [0.5, 0.6) is 5.75 Å². The fraction of sp³-hybridized carbons (Fsp3) is 0.143. The smallest absolute Gasteiger partial charge is 0.123 e. The van der Waals surface area contributed by atoms with Gasteiger partial charge < -0.3 is 5.11 Å². The standard InChI is InChI=1S/C14H12O/c1-9-5-6-12-13(7-9)11-4-2-3-10(11)8-14(12)15/h2,4-8,15H,3H2,1H3. The second-order valence-corrected chi connectivity index (χ2v) is 4.12. The minimum Gasteiger partial charge on any atom is -0.507 e. The van der Waals surface area contributed by atoms with Gasteiger partial charge in [0, 0.05) is 5.39 Å². The van der Waals surface area contributed by atoms with Gasteiger partial charge in [-0.3, -0.25) is 0 Å². The van der Waals surface area contributed by atoms with Gasteiger partial charge in [0.2, 0.25) is 0 Å². The molecule has 0 saturated carbocycles. The van der Waals surface area contributed by atoms with Gasteiger partial charge >= 0.3 is 0 Å². The average molecular weight is 196 g/mol. The maximum absolute atomic E-state index is 9.90. The number of rotatable bonds is 0. The van der Waals surface area contributed by atoms with Crippen molar-refractivity contribution in [3.05, 3.63) is 47.0 Å². The third kappa shape index (κ3) is 1.16. The number of aryl methyl sites for hydroxylation is 1. The summed E-state index contributed by atoms with van der Waals surface area (Å²) >= 11 is 0. The number of fused-ring (bicyclic) bond motifs is 3. The topological polar surface area (TPSA) is 20.2 Å². The van der Waals surface area contributed by atoms with E-state index in [-0.39, 0.29) is 0 Å². The Balaban J connectivity index is 2.50. The molecule has 15 heavy (non-hydrogen) atoms. The molecule has 1 heteroatoms. The summed E-state index contributed by atoms with van der Waals surface area (Å²) in [6, 6.07) is 8.05. The molecule has 0 unspecified atom stereocenters. The van der Waals surface area contributed by atoms with Crippen molar-refractivity contribution in [3.63, 3.8) is 0 Å². The number of benzene rings is 2. The first-order chi connectivity index (χ1) is 7.25. The Morgan fingerprint density at radius 1 is 1.13 bits per heavy atom. The van der Waals surface area contributed by atoms with Crippen molar-refractivity contribution >= 4 is 16.8 Å². The van der Waals surface area contributed by atoms with Crippen LogP contribution in [0.25, 0.3) is 16.8 Å². The normalized spacial score (nSPS) is 13.4. The molecular weight excluding hydrogens is 184 g/mol. The molecule has 2 aromatic rings. The molecule has 1 N–H and O–H groups in total. The second kappa shape index (κ2) is 2.86. The fourth-order valence-electron chi connectivity index (χ4n) is 2.27. The van der Waals surface area contributed by atoms with Crippen molar-refractivity contribution in [2.45, 2.75) is 13.3 Å². The van der Waals surface area contributed by atoms with E-state index in [2.05, 4.69) is 25.1 Å². The SMILES string of the molecule is Cc1ccc2c(O)cc3c(c2c1)C=CC3. The Morgan fingerprint density at radius 2 is 2.00 bits per heavy atom. The quantitative estimate of drug-likeness (QED) is 0.684. The lowest BCUT2D eigenvalue weighted by molar-refractivity contribution is 0.481. The maximum Gasteiger partial charge on any atom is 0.123 e. The summed E-state index contributed by atoms with van der Waals surface area (Å²) in [6.45, 7) is 2.08. The molecule has 74 valence electrons. The zero-order chi connectivity index (χ0) is 10.4. The van der Waals surface area contributed by atoms with Gasteiger partial charge in [0.05, 0.1) is 0 Å². The number of hydrogen-bond acceptors (Lipinski definition) is 1. The predicted octanol–water partition coefficient (Wildman–Crippen LogP) is 3.42. The van der Waals surface area contributed by atoms with Crippen LogP contribution in [0.1, 0.15) is 16.7 Å². The van der Waals surface area contributed by atoms with Gasteiger partial charge in [0.15, 0.2) is 0 Å². The maximum atomic E-state index is 9.90. The van der Waals surface area contributed by atoms with Crippen LogP contribution in [-0.2, 0) is 6.42 Å². The highest BCUT2D eigenvalue weighted by atomic mass is 16.3. The lowest BCUT2D eigenvalue weighted by Gasteiger charge is -2.08. The molecule has 0 aromatic heterocycles. The zero-order valence-corrected chi connectivity index (χ0v) is 8.62. The average Bonchev–Trinajstić information content (AvgIpc) is 2.65. The van der Waals surface area contributed by atoms with E-state index in [1.54, 1.807) is 0 Å². The van der Waals surface area contributed by atoms with E-state index in [9.17, 15) is 5.11 Å². The fourth-order valence-corrected chi connectivity index (χ4v) is 2.27. The number of phenolic OH excluding ortho intramolecular Hbond substituents is 1. The molecule has 0 fully saturated rings. The Kier molecular flexibility index (Phi) is 1.63. The summed E-state index contributed by atoms with van der Waals surface area (Å²) in [7, 11) is 0. The van der Waals surface area contributed by atoms with Crippen molar-refractivity contribution in [2.75, 3.05) is 0 Å². The van der Waals surface area contributed by atoms with Crippen LogP contribution >= 0.6 is 0 Å². The molecule has 0 spiro atoms. The molecule has 0 atom stereocenters. The van der Waals surface area contributed by atoms with Gasteiger partial charge in [-0.2, -0.15) is 0 Å². The highest BCUT2D eigenvalue weighted by molar-refractivity contribution is 5.97. The predicted molar refractivity (Wildman–Crippen MR) is 63.1 cm³/mol. The van der Waals surface area contributed by atoms with Gasteiger partial charge in [-0.05, 0) is 35.9 Å². The van der Waals surface area contributed by atoms with Crippen LogP contribution in [-0.4, -0.2) is 5.11 Å². The van der Waals surface area contributed by atoms with E-state index >= 15 is 0 Å². The van der Waals surface area contributed by atoms with Crippen LogP contribution in [0, 0.1) is 6.92 Å². The molecule has 1 nitrogen and oxygen atoms in total. The number of aromatic hydroxyl groups is 1. The van der Waals surface area contributed by atoms with E-state index < -0.39 is 0 Å². The van der Waals surface area contributed by atoms with Crippen LogP contribution < -0.4 is 0 Å². The van der Waals surface area contributed by atoms with Crippen molar-refractivity contribution < 1.29 is 5.11 Å². The summed E-state index contributed by atoms with van der Waals surface area (Å²) in [5.74, 6) is 0.396. The Morgan fingerprint density at radius 3 is 2.87 bits per heavy atom. The Hall–Kier alpha value is -1.76. The first-order valence-electron chi connectivity index (χ1n) is 5.17. The van der Waals surface area contributed by atoms with Gasteiger partial charge in [-0.25, -0.2) is 0 Å². The van der Waals surface area contributed by atoms with E-state index in [0.717, 1.165) is 11.8 Å². The van der Waals surface area contributed by atoms with Crippen LogP contribution in [0.4, 0.5) is 0 Å². The van der Waals surface area contributed by atoms with E-state index in [4.69, 9.17) is 0 Å². The van der Waals surface area contributed by atoms with Crippen molar-refractivity contribution in [3.8, 4) is 5.75 Å². The van der Waals surface area contributed by atoms with Crippen LogP contribution in [0.3, 0.4) is 0 Å². The van der Waals surface area contributed by atoms with Crippen molar-refractivity contribution in [2.24, 2.45) is 0 Å². The first kappa shape index (κ1) is 8.54. The first-order valence-corrected chi connectivity index (χ1v) is 5.17. The highest BCUT2D eigenvalue weighted by Gasteiger charge is 2.12. The van der Waals surface area contributed by atoms with Gasteiger partial charge in [-0.1, -0.05) is 35.9 Å². The largest absolute Gasteiger partial charge is 0.507 e. The van der Waals surface area contributed by atoms with E-state index in [1.807, 2.05) is 18.2 Å². The van der Waals surface area contributed by atoms with Crippen molar-refractivity contribution in [1.29, 1.82) is 0 Å². The minimum absolute atomic E-state index is 0.396. The molecule has 1 aliphatic carbocycles. The molecule has 0 aliphatic heterocycles. The van der Waals surface area contributed by atoms with Crippen molar-refractivity contribution in [1.82, 2.24) is 0 Å². The van der Waals surface area contributed by atoms with E-state index in [0.29, 0.717) is 5.75 Å². The summed E-state index contributed by atoms with van der Waals surface area (Å²) in [6.07, 6.45) is 5.23. The molecule has 2 aromatic carbocycles. The van der Waals surface area contributed by atoms with E-state index in [1.165, 1.54) is 22.1 Å². The Labute approximate surface area is 88.7 Å². The summed E-state index contributed by atoms with van der Waals surface area (Å²) < 4.78 is 0. The molecular formula is C14H12O. The molecule has 3 rings (SSSR count). The third-order valence-corrected chi connectivity index (χ3v) is 3.02. The molecule has 0 radical (unpaired) electrons. The Bertz CT molecular complexity index is 579. The lowest BCUT2D eigenvalue weighted by atomic mass is 9.98. The van der Waals surface area contributed by atoms with Gasteiger partial charge in [0.1, 0.15) is 5.75 Å². The molecule has 0 heterocycles. The minimum atomic E-state index is 0.396. The number of hydrogen-bond donors (Lipinski definition) is 1. The number of allylic oxidation sites excluding steroid dienone is 1. The number of phenols is 1. The molecule has 0 bridgehead atoms. The lowest BCUT2D eigenvalue weighted by Crippen LogP contribution is -1.86. The second-order valence-electron chi connectivity index (χ2n) is 4.12. The monoisotopic (exact) mass is 196 g/mol. The molecule has 0 amide bonds.